The highest BCUT2D eigenvalue weighted by atomic mass is 32.2. The fraction of sp³-hybridized carbons (Fsp3) is 1.00. The molecule has 0 heterocycles. The third kappa shape index (κ3) is 1.38. The van der Waals surface area contributed by atoms with Gasteiger partial charge in [0.25, 0.3) is 0 Å². The first-order valence-electron chi connectivity index (χ1n) is 4.59. The largest absolute Gasteiger partial charge is 0.228 e. The lowest BCUT2D eigenvalue weighted by molar-refractivity contribution is 0.179. The van der Waals surface area contributed by atoms with E-state index in [0.717, 1.165) is 19.3 Å². The molecule has 0 aromatic heterocycles. The molecule has 3 saturated carbocycles. The van der Waals surface area contributed by atoms with E-state index in [4.69, 9.17) is 5.14 Å². The average Bonchev–Trinajstić information content (AvgIpc) is 2.05. The molecular weight excluding hydrogens is 174 g/mol. The second-order valence-electron chi connectivity index (χ2n) is 4.14. The molecule has 0 aromatic rings. The zero-order valence-electron chi connectivity index (χ0n) is 7.07. The number of hydrogen-bond acceptors (Lipinski definition) is 2. The quantitative estimate of drug-likeness (QED) is 0.665. The Labute approximate surface area is 73.4 Å². The Balaban J connectivity index is 2.20. The molecular formula is C8H15NO2S. The third-order valence-corrected chi connectivity index (χ3v) is 4.83. The van der Waals surface area contributed by atoms with Gasteiger partial charge in [0.2, 0.25) is 10.0 Å². The average molecular weight is 189 g/mol. The number of rotatable bonds is 1. The molecule has 70 valence electrons. The number of primary sulfonamides is 1. The highest BCUT2D eigenvalue weighted by molar-refractivity contribution is 7.89. The van der Waals surface area contributed by atoms with Crippen LogP contribution in [0.2, 0.25) is 0 Å². The van der Waals surface area contributed by atoms with Crippen molar-refractivity contribution in [1.29, 1.82) is 0 Å². The molecule has 0 aromatic carbocycles. The monoisotopic (exact) mass is 189 g/mol. The summed E-state index contributed by atoms with van der Waals surface area (Å²) in [6.45, 7) is 0. The van der Waals surface area contributed by atoms with E-state index >= 15 is 0 Å². The molecule has 0 radical (unpaired) electrons. The van der Waals surface area contributed by atoms with Crippen molar-refractivity contribution in [3.8, 4) is 0 Å². The lowest BCUT2D eigenvalue weighted by Gasteiger charge is -2.40. The van der Waals surface area contributed by atoms with Gasteiger partial charge in [-0.2, -0.15) is 0 Å². The van der Waals surface area contributed by atoms with E-state index in [9.17, 15) is 8.42 Å². The Morgan fingerprint density at radius 2 is 1.67 bits per heavy atom. The summed E-state index contributed by atoms with van der Waals surface area (Å²) >= 11 is 0. The molecule has 12 heavy (non-hydrogen) atoms. The second-order valence-corrected chi connectivity index (χ2v) is 5.93. The molecule has 3 rings (SSSR count). The molecule has 0 unspecified atom stereocenters. The zero-order chi connectivity index (χ0) is 8.77. The van der Waals surface area contributed by atoms with Gasteiger partial charge >= 0.3 is 0 Å². The van der Waals surface area contributed by atoms with E-state index in [1.54, 1.807) is 0 Å². The molecule has 2 bridgehead atoms. The van der Waals surface area contributed by atoms with Crippen molar-refractivity contribution < 1.29 is 8.42 Å². The van der Waals surface area contributed by atoms with Gasteiger partial charge in [-0.15, -0.1) is 0 Å². The Morgan fingerprint density at radius 3 is 1.92 bits per heavy atom. The lowest BCUT2D eigenvalue weighted by atomic mass is 9.70. The maximum atomic E-state index is 11.2. The summed E-state index contributed by atoms with van der Waals surface area (Å²) in [5.74, 6) is 1.00. The van der Waals surface area contributed by atoms with Gasteiger partial charge in [0, 0.05) is 0 Å². The summed E-state index contributed by atoms with van der Waals surface area (Å²) in [5.41, 5.74) is 0. The van der Waals surface area contributed by atoms with Gasteiger partial charge in [0.05, 0.1) is 5.25 Å². The Hall–Kier alpha value is -0.0900. The van der Waals surface area contributed by atoms with Crippen LogP contribution in [-0.2, 0) is 10.0 Å². The van der Waals surface area contributed by atoms with Gasteiger partial charge in [0.1, 0.15) is 0 Å². The smallest absolute Gasteiger partial charge is 0.212 e. The third-order valence-electron chi connectivity index (χ3n) is 3.40. The molecule has 0 aliphatic heterocycles. The molecule has 3 aliphatic carbocycles. The topological polar surface area (TPSA) is 60.2 Å². The van der Waals surface area contributed by atoms with Crippen molar-refractivity contribution >= 4 is 10.0 Å². The van der Waals surface area contributed by atoms with E-state index in [-0.39, 0.29) is 5.25 Å². The van der Waals surface area contributed by atoms with Crippen molar-refractivity contribution in [3.63, 3.8) is 0 Å². The van der Waals surface area contributed by atoms with Crippen molar-refractivity contribution in [1.82, 2.24) is 0 Å². The Bertz CT molecular complexity index is 265. The zero-order valence-corrected chi connectivity index (χ0v) is 7.89. The minimum atomic E-state index is -3.26. The van der Waals surface area contributed by atoms with Crippen LogP contribution in [0.5, 0.6) is 0 Å². The molecule has 2 N–H and O–H groups in total. The summed E-state index contributed by atoms with van der Waals surface area (Å²) in [7, 11) is -3.26. The summed E-state index contributed by atoms with van der Waals surface area (Å²) in [6, 6.07) is 0. The molecule has 3 nitrogen and oxygen atoms in total. The summed E-state index contributed by atoms with van der Waals surface area (Å²) in [6.07, 6.45) is 5.41. The number of sulfonamides is 1. The number of fused-ring (bicyclic) bond motifs is 3. The van der Waals surface area contributed by atoms with Crippen molar-refractivity contribution in [3.05, 3.63) is 0 Å². The van der Waals surface area contributed by atoms with Gasteiger partial charge in [-0.05, 0) is 31.1 Å². The standard InChI is InChI=1S/C8H15NO2S/c9-12(10,11)8-5-6-1-3-7(8)4-2-6/h6-8H,1-5H2,(H2,9,10,11)/t6?,7?,8-/m0/s1. The van der Waals surface area contributed by atoms with Crippen LogP contribution in [0.15, 0.2) is 0 Å². The predicted octanol–water partition coefficient (Wildman–Crippen LogP) is 0.854. The molecule has 3 aliphatic rings. The second kappa shape index (κ2) is 2.70. The summed E-state index contributed by atoms with van der Waals surface area (Å²) < 4.78 is 22.3. The van der Waals surface area contributed by atoms with Crippen LogP contribution in [0.3, 0.4) is 0 Å². The van der Waals surface area contributed by atoms with Crippen LogP contribution in [0.25, 0.3) is 0 Å². The minimum Gasteiger partial charge on any atom is -0.228 e. The van der Waals surface area contributed by atoms with Crippen LogP contribution in [0.4, 0.5) is 0 Å². The number of hydrogen-bond donors (Lipinski definition) is 1. The van der Waals surface area contributed by atoms with Gasteiger partial charge in [-0.25, -0.2) is 13.6 Å². The van der Waals surface area contributed by atoms with Gasteiger partial charge in [-0.3, -0.25) is 0 Å². The van der Waals surface area contributed by atoms with Crippen molar-refractivity contribution in [2.45, 2.75) is 37.4 Å². The maximum absolute atomic E-state index is 11.2. The van der Waals surface area contributed by atoms with Gasteiger partial charge < -0.3 is 0 Å². The van der Waals surface area contributed by atoms with E-state index in [1.807, 2.05) is 0 Å². The minimum absolute atomic E-state index is 0.218. The van der Waals surface area contributed by atoms with Crippen molar-refractivity contribution in [2.24, 2.45) is 17.0 Å². The molecule has 0 amide bonds. The van der Waals surface area contributed by atoms with E-state index in [0.29, 0.717) is 11.8 Å². The first-order chi connectivity index (χ1) is 5.57. The van der Waals surface area contributed by atoms with E-state index in [1.165, 1.54) is 12.8 Å². The van der Waals surface area contributed by atoms with Gasteiger partial charge in [0.15, 0.2) is 0 Å². The molecule has 1 atom stereocenters. The van der Waals surface area contributed by atoms with Crippen LogP contribution < -0.4 is 5.14 Å². The normalized spacial score (nSPS) is 41.6. The van der Waals surface area contributed by atoms with Gasteiger partial charge in [-0.1, -0.05) is 12.8 Å². The summed E-state index contributed by atoms with van der Waals surface area (Å²) in [5, 5.41) is 4.95. The van der Waals surface area contributed by atoms with E-state index in [2.05, 4.69) is 0 Å². The van der Waals surface area contributed by atoms with Crippen molar-refractivity contribution in [2.75, 3.05) is 0 Å². The van der Waals surface area contributed by atoms with Crippen LogP contribution in [0.1, 0.15) is 32.1 Å². The molecule has 0 saturated heterocycles. The van der Waals surface area contributed by atoms with E-state index < -0.39 is 10.0 Å². The van der Waals surface area contributed by atoms with Crippen LogP contribution in [-0.4, -0.2) is 13.7 Å². The van der Waals surface area contributed by atoms with Crippen LogP contribution >= 0.6 is 0 Å². The first-order valence-corrected chi connectivity index (χ1v) is 6.20. The Kier molecular flexibility index (Phi) is 1.92. The molecule has 4 heteroatoms. The molecule has 3 fully saturated rings. The summed E-state index contributed by atoms with van der Waals surface area (Å²) in [4.78, 5) is 0. The highest BCUT2D eigenvalue weighted by Crippen LogP contribution is 2.43. The number of nitrogens with two attached hydrogens (primary N) is 1. The van der Waals surface area contributed by atoms with Crippen LogP contribution in [0, 0.1) is 11.8 Å². The fourth-order valence-electron chi connectivity index (χ4n) is 2.72. The molecule has 0 spiro atoms. The highest BCUT2D eigenvalue weighted by Gasteiger charge is 2.40. The first kappa shape index (κ1) is 8.51. The maximum Gasteiger partial charge on any atom is 0.212 e. The lowest BCUT2D eigenvalue weighted by Crippen LogP contribution is -2.43. The fourth-order valence-corrected chi connectivity index (χ4v) is 4.07. The Morgan fingerprint density at radius 1 is 1.08 bits per heavy atom. The predicted molar refractivity (Wildman–Crippen MR) is 47.0 cm³/mol. The SMILES string of the molecule is NS(=O)(=O)[C@H]1CC2CCC1CC2.